The van der Waals surface area contributed by atoms with Gasteiger partial charge in [0.05, 0.1) is 22.8 Å². The first kappa shape index (κ1) is 14.9. The number of hydrogen-bond donors (Lipinski definition) is 2. The van der Waals surface area contributed by atoms with E-state index in [1.165, 1.54) is 11.8 Å². The van der Waals surface area contributed by atoms with Crippen molar-refractivity contribution in [1.29, 1.82) is 0 Å². The second-order valence-corrected chi connectivity index (χ2v) is 6.74. The van der Waals surface area contributed by atoms with Crippen molar-refractivity contribution in [3.8, 4) is 0 Å². The lowest BCUT2D eigenvalue weighted by atomic mass is 10.1. The molecule has 0 unspecified atom stereocenters. The quantitative estimate of drug-likeness (QED) is 0.793. The summed E-state index contributed by atoms with van der Waals surface area (Å²) < 4.78 is 0. The molecule has 0 fully saturated rings. The van der Waals surface area contributed by atoms with Gasteiger partial charge < -0.3 is 10.4 Å². The average molecular weight is 308 g/mol. The lowest BCUT2D eigenvalue weighted by molar-refractivity contribution is 0.0694. The molecular formula is C14H16N2O2S2. The fourth-order valence-corrected chi connectivity index (χ4v) is 3.41. The zero-order chi connectivity index (χ0) is 14.5. The molecule has 0 aliphatic carbocycles. The maximum absolute atomic E-state index is 11.5. The summed E-state index contributed by atoms with van der Waals surface area (Å²) in [4.78, 5) is 17.5. The van der Waals surface area contributed by atoms with E-state index in [-0.39, 0.29) is 0 Å². The molecule has 4 nitrogen and oxygen atoms in total. The van der Waals surface area contributed by atoms with E-state index in [1.807, 2.05) is 32.2 Å². The molecule has 6 heteroatoms. The SMILES string of the molecule is CCSc1cccc(NCc2cnc(C)s2)c1C(=O)O. The molecule has 0 saturated heterocycles. The van der Waals surface area contributed by atoms with Crippen LogP contribution in [0.15, 0.2) is 29.3 Å². The number of rotatable bonds is 6. The molecule has 106 valence electrons. The first-order chi connectivity index (χ1) is 9.61. The first-order valence-electron chi connectivity index (χ1n) is 6.26. The molecule has 0 aliphatic rings. The van der Waals surface area contributed by atoms with Crippen LogP contribution in [0.5, 0.6) is 0 Å². The Kier molecular flexibility index (Phi) is 5.03. The fraction of sp³-hybridized carbons (Fsp3) is 0.286. The minimum Gasteiger partial charge on any atom is -0.478 e. The highest BCUT2D eigenvalue weighted by molar-refractivity contribution is 7.99. The standard InChI is InChI=1S/C14H16N2O2S2/c1-3-19-12-6-4-5-11(13(12)14(17)18)16-8-10-7-15-9(2)20-10/h4-7,16H,3,8H2,1-2H3,(H,17,18). The molecule has 0 saturated carbocycles. The van der Waals surface area contributed by atoms with Gasteiger partial charge in [0.25, 0.3) is 0 Å². The maximum atomic E-state index is 11.5. The number of aryl methyl sites for hydroxylation is 1. The normalized spacial score (nSPS) is 10.5. The van der Waals surface area contributed by atoms with Gasteiger partial charge in [0, 0.05) is 16.0 Å². The van der Waals surface area contributed by atoms with Gasteiger partial charge in [-0.2, -0.15) is 0 Å². The van der Waals surface area contributed by atoms with E-state index in [4.69, 9.17) is 0 Å². The highest BCUT2D eigenvalue weighted by atomic mass is 32.2. The molecule has 0 atom stereocenters. The zero-order valence-electron chi connectivity index (χ0n) is 11.3. The van der Waals surface area contributed by atoms with Gasteiger partial charge in [0.15, 0.2) is 0 Å². The smallest absolute Gasteiger partial charge is 0.338 e. The van der Waals surface area contributed by atoms with Crippen molar-refractivity contribution in [2.75, 3.05) is 11.1 Å². The van der Waals surface area contributed by atoms with Crippen LogP contribution in [0.2, 0.25) is 0 Å². The van der Waals surface area contributed by atoms with Gasteiger partial charge in [-0.3, -0.25) is 0 Å². The summed E-state index contributed by atoms with van der Waals surface area (Å²) in [6.45, 7) is 4.55. The summed E-state index contributed by atoms with van der Waals surface area (Å²) in [6, 6.07) is 5.53. The van der Waals surface area contributed by atoms with Crippen LogP contribution in [-0.4, -0.2) is 21.8 Å². The number of anilines is 1. The van der Waals surface area contributed by atoms with Gasteiger partial charge in [-0.1, -0.05) is 13.0 Å². The lowest BCUT2D eigenvalue weighted by Crippen LogP contribution is -2.07. The molecule has 1 heterocycles. The van der Waals surface area contributed by atoms with Crippen molar-refractivity contribution in [2.24, 2.45) is 0 Å². The zero-order valence-corrected chi connectivity index (χ0v) is 13.0. The predicted octanol–water partition coefficient (Wildman–Crippen LogP) is 3.87. The third-order valence-corrected chi connectivity index (χ3v) is 4.51. The van der Waals surface area contributed by atoms with Crippen LogP contribution in [0.4, 0.5) is 5.69 Å². The predicted molar refractivity (Wildman–Crippen MR) is 84.0 cm³/mol. The molecule has 1 aromatic heterocycles. The van der Waals surface area contributed by atoms with Gasteiger partial charge >= 0.3 is 5.97 Å². The Labute approximate surface area is 126 Å². The lowest BCUT2D eigenvalue weighted by Gasteiger charge is -2.12. The van der Waals surface area contributed by atoms with Crippen LogP contribution in [-0.2, 0) is 6.54 Å². The Bertz CT molecular complexity index is 611. The second kappa shape index (κ2) is 6.76. The van der Waals surface area contributed by atoms with Crippen molar-refractivity contribution >= 4 is 34.8 Å². The van der Waals surface area contributed by atoms with Crippen LogP contribution in [0, 0.1) is 6.92 Å². The second-order valence-electron chi connectivity index (χ2n) is 4.12. The number of carboxylic acid groups (broad SMARTS) is 1. The number of hydrogen-bond acceptors (Lipinski definition) is 5. The molecule has 0 spiro atoms. The van der Waals surface area contributed by atoms with Gasteiger partial charge in [0.2, 0.25) is 0 Å². The third kappa shape index (κ3) is 3.52. The highest BCUT2D eigenvalue weighted by Crippen LogP contribution is 2.29. The number of thiazole rings is 1. The van der Waals surface area contributed by atoms with E-state index in [1.54, 1.807) is 17.4 Å². The fourth-order valence-electron chi connectivity index (χ4n) is 1.84. The van der Waals surface area contributed by atoms with Crippen molar-refractivity contribution in [1.82, 2.24) is 4.98 Å². The number of nitrogens with zero attached hydrogens (tertiary/aromatic N) is 1. The highest BCUT2D eigenvalue weighted by Gasteiger charge is 2.15. The average Bonchev–Trinajstić information content (AvgIpc) is 2.82. The van der Waals surface area contributed by atoms with Crippen LogP contribution >= 0.6 is 23.1 Å². The third-order valence-electron chi connectivity index (χ3n) is 2.66. The topological polar surface area (TPSA) is 62.2 Å². The minimum atomic E-state index is -0.899. The number of aromatic carboxylic acids is 1. The number of aromatic nitrogens is 1. The number of thioether (sulfide) groups is 1. The molecule has 2 N–H and O–H groups in total. The largest absolute Gasteiger partial charge is 0.478 e. The molecule has 0 bridgehead atoms. The molecule has 1 aromatic carbocycles. The molecule has 0 amide bonds. The number of nitrogens with one attached hydrogen (secondary N) is 1. The Hall–Kier alpha value is -1.53. The maximum Gasteiger partial charge on any atom is 0.338 e. The molecule has 2 rings (SSSR count). The van der Waals surface area contributed by atoms with Gasteiger partial charge in [-0.25, -0.2) is 9.78 Å². The van der Waals surface area contributed by atoms with E-state index < -0.39 is 5.97 Å². The Morgan fingerprint density at radius 1 is 1.50 bits per heavy atom. The first-order valence-corrected chi connectivity index (χ1v) is 8.06. The van der Waals surface area contributed by atoms with Gasteiger partial charge in [-0.15, -0.1) is 23.1 Å². The van der Waals surface area contributed by atoms with E-state index in [9.17, 15) is 9.90 Å². The van der Waals surface area contributed by atoms with Crippen LogP contribution in [0.25, 0.3) is 0 Å². The molecular weight excluding hydrogens is 292 g/mol. The van der Waals surface area contributed by atoms with Crippen LogP contribution in [0.1, 0.15) is 27.2 Å². The van der Waals surface area contributed by atoms with Gasteiger partial charge in [-0.05, 0) is 24.8 Å². The van der Waals surface area contributed by atoms with Crippen molar-refractivity contribution in [3.05, 3.63) is 39.8 Å². The Morgan fingerprint density at radius 2 is 2.30 bits per heavy atom. The van der Waals surface area contributed by atoms with E-state index in [0.717, 1.165) is 20.5 Å². The Balaban J connectivity index is 2.22. The summed E-state index contributed by atoms with van der Waals surface area (Å²) in [5.74, 6) is -0.0536. The van der Waals surface area contributed by atoms with Crippen molar-refractivity contribution in [3.63, 3.8) is 0 Å². The minimum absolute atomic E-state index is 0.348. The summed E-state index contributed by atoms with van der Waals surface area (Å²) in [5, 5.41) is 13.6. The molecule has 0 radical (unpaired) electrons. The summed E-state index contributed by atoms with van der Waals surface area (Å²) >= 11 is 3.15. The summed E-state index contributed by atoms with van der Waals surface area (Å²) in [5.41, 5.74) is 1.00. The Morgan fingerprint density at radius 3 is 2.90 bits per heavy atom. The van der Waals surface area contributed by atoms with Gasteiger partial charge in [0.1, 0.15) is 0 Å². The monoisotopic (exact) mass is 308 g/mol. The van der Waals surface area contributed by atoms with E-state index in [2.05, 4.69) is 10.3 Å². The van der Waals surface area contributed by atoms with Crippen molar-refractivity contribution < 1.29 is 9.90 Å². The van der Waals surface area contributed by atoms with Crippen molar-refractivity contribution in [2.45, 2.75) is 25.3 Å². The number of carbonyl (C=O) groups is 1. The summed E-state index contributed by atoms with van der Waals surface area (Å²) in [6.07, 6.45) is 1.82. The summed E-state index contributed by atoms with van der Waals surface area (Å²) in [7, 11) is 0. The van der Waals surface area contributed by atoms with Crippen LogP contribution in [0.3, 0.4) is 0 Å². The van der Waals surface area contributed by atoms with Crippen LogP contribution < -0.4 is 5.32 Å². The van der Waals surface area contributed by atoms with E-state index in [0.29, 0.717) is 17.8 Å². The molecule has 20 heavy (non-hydrogen) atoms. The molecule has 0 aliphatic heterocycles. The molecule has 2 aromatic rings. The van der Waals surface area contributed by atoms with E-state index >= 15 is 0 Å². The number of carboxylic acids is 1. The number of benzene rings is 1.